The highest BCUT2D eigenvalue weighted by Crippen LogP contribution is 2.38. The number of likely N-dealkylation sites (N-methyl/N-ethyl adjacent to an activating group) is 1. The summed E-state index contributed by atoms with van der Waals surface area (Å²) in [5, 5.41) is 13.9. The molecule has 0 aliphatic carbocycles. The fourth-order valence-corrected chi connectivity index (χ4v) is 10.8. The highest BCUT2D eigenvalue weighted by molar-refractivity contribution is 7.45. The minimum atomic E-state index is -4.60. The van der Waals surface area contributed by atoms with Gasteiger partial charge in [-0.2, -0.15) is 0 Å². The number of phosphoric ester groups is 1. The van der Waals surface area contributed by atoms with Crippen molar-refractivity contribution in [2.24, 2.45) is 0 Å². The Kier molecular flexibility index (Phi) is 57.9. The Labute approximate surface area is 479 Å². The van der Waals surface area contributed by atoms with Gasteiger partial charge >= 0.3 is 0 Å². The first-order valence-corrected chi connectivity index (χ1v) is 35.0. The molecule has 0 saturated carbocycles. The van der Waals surface area contributed by atoms with Crippen LogP contribution in [0.15, 0.2) is 48.6 Å². The standard InChI is InChI=1S/C68H131N2O6P/c1-6-8-10-12-14-16-18-20-22-24-26-28-30-31-32-33-34-35-36-37-38-39-40-42-44-46-48-50-52-54-56-58-60-62-68(72)69-66(65-76-77(73,74)75-64-63-70(3,4)5)67(71)61-59-57-55-53-51-49-47-45-43-41-29-27-25-23-21-19-17-15-13-11-9-7-2/h18,20,24,26,30-31,59,61,66-67,71H,6-17,19,21-23,25,27-29,32-58,60,62-65H2,1-5H3,(H-,69,72,73,74)/b20-18-,26-24-,31-30-,61-59+. The van der Waals surface area contributed by atoms with Gasteiger partial charge in [-0.25, -0.2) is 0 Å². The number of hydrogen-bond acceptors (Lipinski definition) is 6. The van der Waals surface area contributed by atoms with Gasteiger partial charge in [0.25, 0.3) is 7.82 Å². The monoisotopic (exact) mass is 1100 g/mol. The Morgan fingerprint density at radius 1 is 0.455 bits per heavy atom. The molecule has 0 fully saturated rings. The first-order chi connectivity index (χ1) is 37.5. The lowest BCUT2D eigenvalue weighted by Crippen LogP contribution is -2.45. The summed E-state index contributed by atoms with van der Waals surface area (Å²) in [6, 6.07) is -0.887. The summed E-state index contributed by atoms with van der Waals surface area (Å²) in [7, 11) is 1.27. The molecule has 1 amide bonds. The SMILES string of the molecule is CCCCCCC/C=C\C/C=C\C/C=C\CCCCCCCCCCCCCCCCCCCCC(=O)NC(COP(=O)([O-])OCC[N+](C)(C)C)C(O)/C=C/CCCCCCCCCCCCCCCCCCCCCC. The number of carbonyl (C=O) groups is 1. The molecule has 8 nitrogen and oxygen atoms in total. The van der Waals surface area contributed by atoms with Crippen LogP contribution in [0, 0.1) is 0 Å². The minimum Gasteiger partial charge on any atom is -0.756 e. The number of quaternary nitrogens is 1. The third kappa shape index (κ3) is 61.9. The highest BCUT2D eigenvalue weighted by Gasteiger charge is 2.23. The number of hydrogen-bond donors (Lipinski definition) is 2. The number of rotatable bonds is 62. The van der Waals surface area contributed by atoms with Crippen molar-refractivity contribution in [1.82, 2.24) is 5.32 Å². The molecule has 0 radical (unpaired) electrons. The zero-order chi connectivity index (χ0) is 56.3. The van der Waals surface area contributed by atoms with Crippen molar-refractivity contribution >= 4 is 13.7 Å². The average Bonchev–Trinajstić information content (AvgIpc) is 3.39. The van der Waals surface area contributed by atoms with Gasteiger partial charge < -0.3 is 28.8 Å². The third-order valence-electron chi connectivity index (χ3n) is 15.3. The highest BCUT2D eigenvalue weighted by atomic mass is 31.2. The molecular formula is C68H131N2O6P. The summed E-state index contributed by atoms with van der Waals surface area (Å²) in [5.41, 5.74) is 0. The van der Waals surface area contributed by atoms with E-state index < -0.39 is 20.0 Å². The van der Waals surface area contributed by atoms with Crippen LogP contribution in [0.2, 0.25) is 0 Å². The van der Waals surface area contributed by atoms with Crippen LogP contribution in [0.1, 0.15) is 328 Å². The van der Waals surface area contributed by atoms with E-state index in [1.54, 1.807) is 6.08 Å². The molecule has 0 saturated heterocycles. The van der Waals surface area contributed by atoms with Crippen molar-refractivity contribution in [3.05, 3.63) is 48.6 Å². The average molecular weight is 1100 g/mol. The van der Waals surface area contributed by atoms with E-state index in [-0.39, 0.29) is 19.1 Å². The summed E-state index contributed by atoms with van der Waals surface area (Å²) in [6.45, 7) is 4.68. The summed E-state index contributed by atoms with van der Waals surface area (Å²) in [6.07, 6.45) is 79.3. The van der Waals surface area contributed by atoms with Crippen molar-refractivity contribution in [2.45, 2.75) is 341 Å². The lowest BCUT2D eigenvalue weighted by Gasteiger charge is -2.29. The number of carbonyl (C=O) groups excluding carboxylic acids is 1. The topological polar surface area (TPSA) is 108 Å². The van der Waals surface area contributed by atoms with Gasteiger partial charge in [-0.1, -0.05) is 313 Å². The van der Waals surface area contributed by atoms with E-state index in [1.165, 1.54) is 257 Å². The molecular weight excluding hydrogens is 972 g/mol. The zero-order valence-corrected chi connectivity index (χ0v) is 52.8. The molecule has 0 rings (SSSR count). The Bertz CT molecular complexity index is 1390. The van der Waals surface area contributed by atoms with Gasteiger partial charge in [0.2, 0.25) is 5.91 Å². The van der Waals surface area contributed by atoms with E-state index in [4.69, 9.17) is 9.05 Å². The maximum Gasteiger partial charge on any atom is 0.268 e. The van der Waals surface area contributed by atoms with Gasteiger partial charge in [-0.15, -0.1) is 0 Å². The van der Waals surface area contributed by atoms with Crippen LogP contribution in [0.25, 0.3) is 0 Å². The Hall–Kier alpha value is -1.54. The summed E-state index contributed by atoms with van der Waals surface area (Å²) in [5.74, 6) is -0.192. The molecule has 454 valence electrons. The number of aliphatic hydroxyl groups is 1. The van der Waals surface area contributed by atoms with Crippen LogP contribution in [-0.2, 0) is 18.4 Å². The quantitative estimate of drug-likeness (QED) is 0.0272. The smallest absolute Gasteiger partial charge is 0.268 e. The van der Waals surface area contributed by atoms with Gasteiger partial charge in [0.1, 0.15) is 13.2 Å². The number of aliphatic hydroxyl groups excluding tert-OH is 1. The summed E-state index contributed by atoms with van der Waals surface area (Å²) < 4.78 is 23.4. The molecule has 0 aliphatic rings. The first-order valence-electron chi connectivity index (χ1n) is 33.5. The molecule has 0 heterocycles. The van der Waals surface area contributed by atoms with Crippen LogP contribution in [0.4, 0.5) is 0 Å². The molecule has 0 aromatic rings. The zero-order valence-electron chi connectivity index (χ0n) is 51.9. The fraction of sp³-hybridized carbons (Fsp3) is 0.868. The maximum atomic E-state index is 13.0. The van der Waals surface area contributed by atoms with Crippen molar-refractivity contribution in [3.63, 3.8) is 0 Å². The molecule has 9 heteroatoms. The van der Waals surface area contributed by atoms with E-state index in [2.05, 4.69) is 55.6 Å². The molecule has 0 bridgehead atoms. The van der Waals surface area contributed by atoms with Gasteiger partial charge in [0, 0.05) is 6.42 Å². The predicted octanol–water partition coefficient (Wildman–Crippen LogP) is 20.4. The lowest BCUT2D eigenvalue weighted by atomic mass is 10.0. The first kappa shape index (κ1) is 75.5. The lowest BCUT2D eigenvalue weighted by molar-refractivity contribution is -0.870. The Balaban J connectivity index is 4.06. The van der Waals surface area contributed by atoms with Crippen molar-refractivity contribution in [2.75, 3.05) is 40.9 Å². The van der Waals surface area contributed by atoms with Crippen LogP contribution < -0.4 is 10.2 Å². The molecule has 0 aromatic carbocycles. The van der Waals surface area contributed by atoms with E-state index in [0.717, 1.165) is 51.4 Å². The van der Waals surface area contributed by atoms with E-state index in [1.807, 2.05) is 27.2 Å². The summed E-state index contributed by atoms with van der Waals surface area (Å²) >= 11 is 0. The van der Waals surface area contributed by atoms with Gasteiger partial charge in [-0.05, 0) is 57.8 Å². The van der Waals surface area contributed by atoms with Crippen LogP contribution in [0.5, 0.6) is 0 Å². The largest absolute Gasteiger partial charge is 0.756 e. The Morgan fingerprint density at radius 3 is 1.09 bits per heavy atom. The van der Waals surface area contributed by atoms with E-state index in [9.17, 15) is 19.4 Å². The second-order valence-electron chi connectivity index (χ2n) is 24.2. The van der Waals surface area contributed by atoms with Crippen LogP contribution >= 0.6 is 7.82 Å². The Morgan fingerprint density at radius 2 is 0.753 bits per heavy atom. The van der Waals surface area contributed by atoms with Crippen molar-refractivity contribution < 1.29 is 32.9 Å². The van der Waals surface area contributed by atoms with Crippen molar-refractivity contribution in [3.8, 4) is 0 Å². The maximum absolute atomic E-state index is 13.0. The van der Waals surface area contributed by atoms with Gasteiger partial charge in [0.05, 0.1) is 39.9 Å². The van der Waals surface area contributed by atoms with E-state index >= 15 is 0 Å². The molecule has 77 heavy (non-hydrogen) atoms. The number of nitrogens with zero attached hydrogens (tertiary/aromatic N) is 1. The minimum absolute atomic E-state index is 0.0000479. The molecule has 0 aliphatic heterocycles. The number of amides is 1. The number of unbranched alkanes of at least 4 members (excludes halogenated alkanes) is 43. The van der Waals surface area contributed by atoms with Gasteiger partial charge in [-0.3, -0.25) is 9.36 Å². The van der Waals surface area contributed by atoms with Crippen LogP contribution in [-0.4, -0.2) is 68.5 Å². The second-order valence-corrected chi connectivity index (χ2v) is 25.6. The number of allylic oxidation sites excluding steroid dienone is 7. The molecule has 2 N–H and O–H groups in total. The number of phosphoric acid groups is 1. The number of nitrogens with one attached hydrogen (secondary N) is 1. The second kappa shape index (κ2) is 59.1. The van der Waals surface area contributed by atoms with Crippen LogP contribution in [0.3, 0.4) is 0 Å². The fourth-order valence-electron chi connectivity index (χ4n) is 10.0. The molecule has 3 atom stereocenters. The predicted molar refractivity (Wildman–Crippen MR) is 334 cm³/mol. The van der Waals surface area contributed by atoms with Gasteiger partial charge in [0.15, 0.2) is 0 Å². The van der Waals surface area contributed by atoms with Crippen molar-refractivity contribution in [1.29, 1.82) is 0 Å². The third-order valence-corrected chi connectivity index (χ3v) is 16.2. The van der Waals surface area contributed by atoms with E-state index in [0.29, 0.717) is 17.4 Å². The summed E-state index contributed by atoms with van der Waals surface area (Å²) in [4.78, 5) is 25.6. The molecule has 3 unspecified atom stereocenters. The normalized spacial score (nSPS) is 14.0. The molecule has 0 aromatic heterocycles. The molecule has 0 spiro atoms.